The molecule has 1 aliphatic rings. The number of hydrogen-bond donors (Lipinski definition) is 2. The fraction of sp³-hybridized carbons (Fsp3) is 0.407. The highest BCUT2D eigenvalue weighted by molar-refractivity contribution is 5.96. The van der Waals surface area contributed by atoms with Crippen molar-refractivity contribution in [2.75, 3.05) is 20.2 Å². The molecular formula is C27H36N2O3. The highest BCUT2D eigenvalue weighted by atomic mass is 16.5. The summed E-state index contributed by atoms with van der Waals surface area (Å²) in [6.07, 6.45) is 8.20. The molecule has 0 heterocycles. The Balaban J connectivity index is 0.000000390. The van der Waals surface area contributed by atoms with Crippen LogP contribution in [0.5, 0.6) is 5.75 Å². The number of para-hydroxylation sites is 1. The van der Waals surface area contributed by atoms with Crippen molar-refractivity contribution in [2.24, 2.45) is 0 Å². The van der Waals surface area contributed by atoms with E-state index in [1.165, 1.54) is 24.8 Å². The van der Waals surface area contributed by atoms with Crippen molar-refractivity contribution in [1.82, 2.24) is 10.6 Å². The lowest BCUT2D eigenvalue weighted by Gasteiger charge is -2.38. The average Bonchev–Trinajstić information content (AvgIpc) is 2.87. The van der Waals surface area contributed by atoms with Crippen LogP contribution in [0, 0.1) is 0 Å². The summed E-state index contributed by atoms with van der Waals surface area (Å²) in [5.41, 5.74) is 1.99. The van der Waals surface area contributed by atoms with Gasteiger partial charge in [0.15, 0.2) is 0 Å². The van der Waals surface area contributed by atoms with Crippen LogP contribution >= 0.6 is 0 Å². The molecule has 172 valence electrons. The Hall–Kier alpha value is -3.08. The van der Waals surface area contributed by atoms with Crippen LogP contribution in [0.4, 0.5) is 0 Å². The number of methoxy groups -OCH3 is 1. The van der Waals surface area contributed by atoms with Crippen molar-refractivity contribution in [3.63, 3.8) is 0 Å². The fourth-order valence-electron chi connectivity index (χ4n) is 4.08. The normalized spacial score (nSPS) is 14.3. The largest absolute Gasteiger partial charge is 0.496 e. The van der Waals surface area contributed by atoms with E-state index in [0.717, 1.165) is 12.8 Å². The summed E-state index contributed by atoms with van der Waals surface area (Å²) in [5, 5.41) is 5.79. The van der Waals surface area contributed by atoms with Gasteiger partial charge in [-0.05, 0) is 30.5 Å². The van der Waals surface area contributed by atoms with E-state index in [2.05, 4.69) is 41.5 Å². The third-order valence-electron chi connectivity index (χ3n) is 5.90. The minimum atomic E-state index is -0.0617. The standard InChI is InChI=1S/C21H25NO2.C6H11NO/c1-24-19-13-7-6-12-18(19)20(23)22-16-21(14-8-3-9-15-21)17-10-4-2-5-11-17;1-3-5-7-6(8)4-2/h2,4-7,10-13H,3,8-9,14-16H2,1H3,(H,22,23);3H,1,4-5H2,2H3,(H,7,8). The van der Waals surface area contributed by atoms with E-state index < -0.39 is 0 Å². The molecule has 0 aliphatic heterocycles. The van der Waals surface area contributed by atoms with Gasteiger partial charge < -0.3 is 15.4 Å². The Kier molecular flexibility index (Phi) is 10.5. The van der Waals surface area contributed by atoms with Crippen LogP contribution in [0.3, 0.4) is 0 Å². The minimum absolute atomic E-state index is 0.0528. The highest BCUT2D eigenvalue weighted by Crippen LogP contribution is 2.39. The maximum atomic E-state index is 12.6. The number of benzene rings is 2. The average molecular weight is 437 g/mol. The zero-order valence-electron chi connectivity index (χ0n) is 19.4. The molecule has 32 heavy (non-hydrogen) atoms. The predicted molar refractivity (Wildman–Crippen MR) is 130 cm³/mol. The van der Waals surface area contributed by atoms with Crippen LogP contribution in [0.15, 0.2) is 67.3 Å². The summed E-state index contributed by atoms with van der Waals surface area (Å²) in [6.45, 7) is 6.52. The van der Waals surface area contributed by atoms with E-state index in [1.54, 1.807) is 13.2 Å². The smallest absolute Gasteiger partial charge is 0.255 e. The number of nitrogens with one attached hydrogen (secondary N) is 2. The number of hydrogen-bond acceptors (Lipinski definition) is 3. The predicted octanol–water partition coefficient (Wildman–Crippen LogP) is 5.03. The molecule has 0 saturated heterocycles. The topological polar surface area (TPSA) is 67.4 Å². The van der Waals surface area contributed by atoms with Gasteiger partial charge >= 0.3 is 0 Å². The second-order valence-electron chi connectivity index (χ2n) is 8.04. The zero-order valence-corrected chi connectivity index (χ0v) is 19.4. The van der Waals surface area contributed by atoms with Crippen LogP contribution < -0.4 is 15.4 Å². The molecule has 5 heteroatoms. The molecule has 5 nitrogen and oxygen atoms in total. The van der Waals surface area contributed by atoms with E-state index in [0.29, 0.717) is 30.8 Å². The lowest BCUT2D eigenvalue weighted by atomic mass is 9.69. The van der Waals surface area contributed by atoms with E-state index in [4.69, 9.17) is 4.74 Å². The summed E-state index contributed by atoms with van der Waals surface area (Å²) >= 11 is 0. The summed E-state index contributed by atoms with van der Waals surface area (Å²) in [7, 11) is 1.60. The molecule has 0 atom stereocenters. The van der Waals surface area contributed by atoms with Gasteiger partial charge in [-0.1, -0.05) is 74.7 Å². The van der Waals surface area contributed by atoms with Crippen LogP contribution in [-0.2, 0) is 10.2 Å². The third-order valence-corrected chi connectivity index (χ3v) is 5.90. The van der Waals surface area contributed by atoms with Crippen LogP contribution in [0.2, 0.25) is 0 Å². The summed E-state index contributed by atoms with van der Waals surface area (Å²) in [6, 6.07) is 18.0. The van der Waals surface area contributed by atoms with E-state index in [9.17, 15) is 9.59 Å². The fourth-order valence-corrected chi connectivity index (χ4v) is 4.08. The first-order valence-electron chi connectivity index (χ1n) is 11.4. The molecule has 0 unspecified atom stereocenters. The number of carbonyl (C=O) groups excluding carboxylic acids is 2. The molecular weight excluding hydrogens is 400 g/mol. The Morgan fingerprint density at radius 3 is 2.28 bits per heavy atom. The first-order chi connectivity index (χ1) is 15.6. The Morgan fingerprint density at radius 2 is 1.66 bits per heavy atom. The maximum Gasteiger partial charge on any atom is 0.255 e. The van der Waals surface area contributed by atoms with Crippen molar-refractivity contribution >= 4 is 11.8 Å². The monoisotopic (exact) mass is 436 g/mol. The second kappa shape index (κ2) is 13.4. The summed E-state index contributed by atoms with van der Waals surface area (Å²) < 4.78 is 5.31. The van der Waals surface area contributed by atoms with Gasteiger partial charge in [-0.2, -0.15) is 0 Å². The molecule has 0 bridgehead atoms. The van der Waals surface area contributed by atoms with Crippen LogP contribution in [0.1, 0.15) is 61.4 Å². The minimum Gasteiger partial charge on any atom is -0.496 e. The molecule has 1 fully saturated rings. The van der Waals surface area contributed by atoms with Crippen LogP contribution in [-0.4, -0.2) is 32.0 Å². The van der Waals surface area contributed by atoms with Gasteiger partial charge in [0, 0.05) is 24.9 Å². The lowest BCUT2D eigenvalue weighted by Crippen LogP contribution is -2.42. The Morgan fingerprint density at radius 1 is 1.00 bits per heavy atom. The molecule has 2 aromatic carbocycles. The van der Waals surface area contributed by atoms with Gasteiger partial charge in [0.25, 0.3) is 5.91 Å². The molecule has 1 aliphatic carbocycles. The van der Waals surface area contributed by atoms with Crippen molar-refractivity contribution in [1.29, 1.82) is 0 Å². The van der Waals surface area contributed by atoms with Gasteiger partial charge in [0.05, 0.1) is 12.7 Å². The number of rotatable bonds is 8. The Bertz CT molecular complexity index is 858. The SMILES string of the molecule is C=CCNC(=O)CC.COc1ccccc1C(=O)NCC1(c2ccccc2)CCCCC1. The molecule has 2 N–H and O–H groups in total. The van der Waals surface area contributed by atoms with Crippen molar-refractivity contribution in [2.45, 2.75) is 50.9 Å². The van der Waals surface area contributed by atoms with Gasteiger partial charge in [0.2, 0.25) is 5.91 Å². The number of ether oxygens (including phenoxy) is 1. The van der Waals surface area contributed by atoms with E-state index in [1.807, 2.05) is 37.3 Å². The van der Waals surface area contributed by atoms with Gasteiger partial charge in [-0.25, -0.2) is 0 Å². The number of amides is 2. The molecule has 2 aromatic rings. The second-order valence-corrected chi connectivity index (χ2v) is 8.04. The number of carbonyl (C=O) groups is 2. The molecule has 0 radical (unpaired) electrons. The quantitative estimate of drug-likeness (QED) is 0.571. The van der Waals surface area contributed by atoms with Crippen LogP contribution in [0.25, 0.3) is 0 Å². The molecule has 0 aromatic heterocycles. The molecule has 3 rings (SSSR count). The molecule has 0 spiro atoms. The van der Waals surface area contributed by atoms with E-state index in [-0.39, 0.29) is 17.2 Å². The van der Waals surface area contributed by atoms with Gasteiger partial charge in [-0.15, -0.1) is 6.58 Å². The first kappa shape index (κ1) is 25.2. The van der Waals surface area contributed by atoms with Crippen molar-refractivity contribution in [3.8, 4) is 5.75 Å². The zero-order chi connectivity index (χ0) is 23.2. The lowest BCUT2D eigenvalue weighted by molar-refractivity contribution is -0.120. The summed E-state index contributed by atoms with van der Waals surface area (Å²) in [5.74, 6) is 0.630. The third kappa shape index (κ3) is 7.26. The van der Waals surface area contributed by atoms with Gasteiger partial charge in [-0.3, -0.25) is 9.59 Å². The van der Waals surface area contributed by atoms with Crippen molar-refractivity contribution < 1.29 is 14.3 Å². The first-order valence-corrected chi connectivity index (χ1v) is 11.4. The van der Waals surface area contributed by atoms with Crippen molar-refractivity contribution in [3.05, 3.63) is 78.4 Å². The van der Waals surface area contributed by atoms with E-state index >= 15 is 0 Å². The maximum absolute atomic E-state index is 12.6. The molecule has 2 amide bonds. The highest BCUT2D eigenvalue weighted by Gasteiger charge is 2.34. The Labute approximate surface area is 192 Å². The molecule has 1 saturated carbocycles. The van der Waals surface area contributed by atoms with Gasteiger partial charge in [0.1, 0.15) is 5.75 Å². The summed E-state index contributed by atoms with van der Waals surface area (Å²) in [4.78, 5) is 23.1.